The first kappa shape index (κ1) is 17.5. The van der Waals surface area contributed by atoms with Gasteiger partial charge in [0.25, 0.3) is 0 Å². The van der Waals surface area contributed by atoms with Crippen molar-refractivity contribution in [3.05, 3.63) is 66.5 Å². The number of benzene rings is 1. The molecule has 1 atom stereocenters. The number of anilines is 2. The highest BCUT2D eigenvalue weighted by Crippen LogP contribution is 2.17. The third-order valence-electron chi connectivity index (χ3n) is 3.83. The molecule has 2 N–H and O–H groups in total. The molecule has 6 heteroatoms. The Hall–Kier alpha value is -3.28. The van der Waals surface area contributed by atoms with Gasteiger partial charge in [-0.25, -0.2) is 9.97 Å². The summed E-state index contributed by atoms with van der Waals surface area (Å²) in [5, 5.41) is 6.04. The number of nitrogens with one attached hydrogen (secondary N) is 2. The van der Waals surface area contributed by atoms with Crippen molar-refractivity contribution < 1.29 is 4.79 Å². The lowest BCUT2D eigenvalue weighted by molar-refractivity contribution is -0.116. The number of hydrogen-bond donors (Lipinski definition) is 2. The molecular weight excluding hydrogens is 326 g/mol. The number of carbonyl (C=O) groups is 1. The monoisotopic (exact) mass is 347 g/mol. The molecule has 0 radical (unpaired) electrons. The van der Waals surface area contributed by atoms with Crippen molar-refractivity contribution in [1.29, 1.82) is 0 Å². The van der Waals surface area contributed by atoms with Crippen LogP contribution in [0.4, 0.5) is 11.5 Å². The van der Waals surface area contributed by atoms with Crippen LogP contribution in [0.1, 0.15) is 19.5 Å². The van der Waals surface area contributed by atoms with Gasteiger partial charge in [0, 0.05) is 23.6 Å². The van der Waals surface area contributed by atoms with Gasteiger partial charge in [-0.05, 0) is 37.6 Å². The van der Waals surface area contributed by atoms with E-state index in [2.05, 4.69) is 25.6 Å². The fraction of sp³-hybridized carbons (Fsp3) is 0.200. The van der Waals surface area contributed by atoms with Gasteiger partial charge in [-0.15, -0.1) is 0 Å². The van der Waals surface area contributed by atoms with Crippen molar-refractivity contribution in [3.8, 4) is 11.5 Å². The second-order valence-electron chi connectivity index (χ2n) is 5.86. The lowest BCUT2D eigenvalue weighted by atomic mass is 10.2. The van der Waals surface area contributed by atoms with Crippen LogP contribution < -0.4 is 10.6 Å². The quantitative estimate of drug-likeness (QED) is 0.713. The minimum Gasteiger partial charge on any atom is -0.358 e. The van der Waals surface area contributed by atoms with Gasteiger partial charge >= 0.3 is 0 Å². The molecule has 1 aromatic carbocycles. The van der Waals surface area contributed by atoms with Crippen LogP contribution in [0.25, 0.3) is 11.5 Å². The fourth-order valence-electron chi connectivity index (χ4n) is 2.42. The Kier molecular flexibility index (Phi) is 5.53. The van der Waals surface area contributed by atoms with Crippen LogP contribution in [-0.2, 0) is 11.2 Å². The van der Waals surface area contributed by atoms with Gasteiger partial charge < -0.3 is 10.6 Å². The molecule has 1 unspecified atom stereocenters. The molecule has 0 aliphatic heterocycles. The molecule has 0 saturated heterocycles. The molecule has 0 saturated carbocycles. The third-order valence-corrected chi connectivity index (χ3v) is 3.83. The molecule has 0 fully saturated rings. The zero-order chi connectivity index (χ0) is 18.4. The molecule has 0 aliphatic carbocycles. The molecule has 0 aliphatic rings. The van der Waals surface area contributed by atoms with E-state index in [1.807, 2.05) is 61.5 Å². The van der Waals surface area contributed by atoms with Crippen LogP contribution in [-0.4, -0.2) is 26.9 Å². The van der Waals surface area contributed by atoms with E-state index in [9.17, 15) is 4.79 Å². The molecular formula is C20H21N5O. The van der Waals surface area contributed by atoms with Crippen molar-refractivity contribution >= 4 is 17.4 Å². The van der Waals surface area contributed by atoms with E-state index >= 15 is 0 Å². The maximum absolute atomic E-state index is 12.4. The van der Waals surface area contributed by atoms with Crippen LogP contribution >= 0.6 is 0 Å². The van der Waals surface area contributed by atoms with Gasteiger partial charge in [0.05, 0.1) is 0 Å². The van der Waals surface area contributed by atoms with Gasteiger partial charge in [-0.1, -0.05) is 31.2 Å². The normalized spacial score (nSPS) is 11.6. The van der Waals surface area contributed by atoms with E-state index in [0.29, 0.717) is 17.3 Å². The largest absolute Gasteiger partial charge is 0.358 e. The molecule has 2 heterocycles. The van der Waals surface area contributed by atoms with Crippen molar-refractivity contribution in [2.24, 2.45) is 0 Å². The number of amides is 1. The average molecular weight is 347 g/mol. The Labute approximate surface area is 152 Å². The molecule has 2 aromatic heterocycles. The van der Waals surface area contributed by atoms with E-state index in [1.165, 1.54) is 0 Å². The maximum atomic E-state index is 12.4. The highest BCUT2D eigenvalue weighted by atomic mass is 16.2. The summed E-state index contributed by atoms with van der Waals surface area (Å²) in [6.45, 7) is 3.83. The Morgan fingerprint density at radius 1 is 1.08 bits per heavy atom. The topological polar surface area (TPSA) is 79.8 Å². The summed E-state index contributed by atoms with van der Waals surface area (Å²) in [7, 11) is 0. The predicted octanol–water partition coefficient (Wildman–Crippen LogP) is 3.54. The smallest absolute Gasteiger partial charge is 0.246 e. The lowest BCUT2D eigenvalue weighted by Gasteiger charge is -2.16. The fourth-order valence-corrected chi connectivity index (χ4v) is 2.42. The predicted molar refractivity (Wildman–Crippen MR) is 103 cm³/mol. The summed E-state index contributed by atoms with van der Waals surface area (Å²) in [5.41, 5.74) is 2.35. The van der Waals surface area contributed by atoms with Crippen LogP contribution in [0.15, 0.2) is 60.8 Å². The number of nitrogens with zero attached hydrogens (tertiary/aromatic N) is 3. The summed E-state index contributed by atoms with van der Waals surface area (Å²) in [5.74, 6) is 1.02. The Morgan fingerprint density at radius 3 is 2.54 bits per heavy atom. The standard InChI is InChI=1S/C20H21N5O/c1-3-15-13-18(25-19(23-15)17-11-7-8-12-21-17)22-14(2)20(26)24-16-9-5-4-6-10-16/h4-14H,3H2,1-2H3,(H,24,26)(H,22,23,25). The maximum Gasteiger partial charge on any atom is 0.246 e. The van der Waals surface area contributed by atoms with Crippen LogP contribution in [0.2, 0.25) is 0 Å². The zero-order valence-electron chi connectivity index (χ0n) is 14.8. The Bertz CT molecular complexity index is 868. The molecule has 26 heavy (non-hydrogen) atoms. The first-order chi connectivity index (χ1) is 12.7. The number of rotatable bonds is 6. The van der Waals surface area contributed by atoms with E-state index in [0.717, 1.165) is 17.8 Å². The minimum atomic E-state index is -0.452. The summed E-state index contributed by atoms with van der Waals surface area (Å²) in [4.78, 5) is 25.7. The SMILES string of the molecule is CCc1cc(NC(C)C(=O)Nc2ccccc2)nc(-c2ccccn2)n1. The van der Waals surface area contributed by atoms with Crippen molar-refractivity contribution in [3.63, 3.8) is 0 Å². The lowest BCUT2D eigenvalue weighted by Crippen LogP contribution is -2.32. The number of pyridine rings is 1. The van der Waals surface area contributed by atoms with Gasteiger partial charge in [-0.3, -0.25) is 9.78 Å². The van der Waals surface area contributed by atoms with E-state index in [-0.39, 0.29) is 5.91 Å². The number of aromatic nitrogens is 3. The molecule has 132 valence electrons. The van der Waals surface area contributed by atoms with Crippen molar-refractivity contribution in [2.75, 3.05) is 10.6 Å². The molecule has 1 amide bonds. The van der Waals surface area contributed by atoms with Gasteiger partial charge in [0.15, 0.2) is 5.82 Å². The number of hydrogen-bond acceptors (Lipinski definition) is 5. The Balaban J connectivity index is 1.77. The first-order valence-corrected chi connectivity index (χ1v) is 8.57. The third kappa shape index (κ3) is 4.42. The minimum absolute atomic E-state index is 0.132. The van der Waals surface area contributed by atoms with Crippen LogP contribution in [0.3, 0.4) is 0 Å². The van der Waals surface area contributed by atoms with E-state index in [4.69, 9.17) is 0 Å². The highest BCUT2D eigenvalue weighted by molar-refractivity contribution is 5.96. The van der Waals surface area contributed by atoms with Gasteiger partial charge in [0.2, 0.25) is 5.91 Å². The summed E-state index contributed by atoms with van der Waals surface area (Å²) < 4.78 is 0. The highest BCUT2D eigenvalue weighted by Gasteiger charge is 2.15. The summed E-state index contributed by atoms with van der Waals surface area (Å²) >= 11 is 0. The molecule has 6 nitrogen and oxygen atoms in total. The zero-order valence-corrected chi connectivity index (χ0v) is 14.8. The van der Waals surface area contributed by atoms with Crippen molar-refractivity contribution in [2.45, 2.75) is 26.3 Å². The Morgan fingerprint density at radius 2 is 1.85 bits per heavy atom. The van der Waals surface area contributed by atoms with Gasteiger partial charge in [-0.2, -0.15) is 0 Å². The van der Waals surface area contributed by atoms with Crippen LogP contribution in [0.5, 0.6) is 0 Å². The number of para-hydroxylation sites is 1. The van der Waals surface area contributed by atoms with Crippen LogP contribution in [0, 0.1) is 0 Å². The number of aryl methyl sites for hydroxylation is 1. The molecule has 3 aromatic rings. The second-order valence-corrected chi connectivity index (χ2v) is 5.86. The van der Waals surface area contributed by atoms with Gasteiger partial charge in [0.1, 0.15) is 17.6 Å². The molecule has 0 bridgehead atoms. The average Bonchev–Trinajstić information content (AvgIpc) is 2.69. The summed E-state index contributed by atoms with van der Waals surface area (Å²) in [6, 6.07) is 16.4. The first-order valence-electron chi connectivity index (χ1n) is 8.57. The number of carbonyl (C=O) groups excluding carboxylic acids is 1. The second kappa shape index (κ2) is 8.20. The van der Waals surface area contributed by atoms with E-state index < -0.39 is 6.04 Å². The van der Waals surface area contributed by atoms with E-state index in [1.54, 1.807) is 13.1 Å². The summed E-state index contributed by atoms with van der Waals surface area (Å²) in [6.07, 6.45) is 2.47. The molecule has 3 rings (SSSR count). The van der Waals surface area contributed by atoms with Crippen molar-refractivity contribution in [1.82, 2.24) is 15.0 Å². The molecule has 0 spiro atoms.